The van der Waals surface area contributed by atoms with E-state index >= 15 is 0 Å². The maximum Gasteiger partial charge on any atom is 0.0546 e. The molecule has 0 aliphatic rings. The fourth-order valence-electron chi connectivity index (χ4n) is 7.23. The van der Waals surface area contributed by atoms with Gasteiger partial charge in [0.1, 0.15) is 0 Å². The van der Waals surface area contributed by atoms with Crippen LogP contribution < -0.4 is 4.90 Å². The van der Waals surface area contributed by atoms with Gasteiger partial charge in [0.2, 0.25) is 0 Å². The van der Waals surface area contributed by atoms with Gasteiger partial charge in [-0.15, -0.1) is 0 Å². The molecular weight excluding hydrogens is 567 g/mol. The van der Waals surface area contributed by atoms with Crippen molar-refractivity contribution in [1.82, 2.24) is 0 Å². The minimum atomic E-state index is 1.12. The first-order chi connectivity index (χ1) is 23.3. The van der Waals surface area contributed by atoms with Gasteiger partial charge in [-0.2, -0.15) is 0 Å². The average molecular weight is 598 g/mol. The third kappa shape index (κ3) is 4.64. The lowest BCUT2D eigenvalue weighted by Crippen LogP contribution is -2.11. The highest BCUT2D eigenvalue weighted by Gasteiger charge is 2.21. The van der Waals surface area contributed by atoms with E-state index in [-0.39, 0.29) is 0 Å². The quantitative estimate of drug-likeness (QED) is 0.178. The highest BCUT2D eigenvalue weighted by atomic mass is 15.1. The molecule has 9 aromatic rings. The van der Waals surface area contributed by atoms with E-state index in [2.05, 4.69) is 193 Å². The summed E-state index contributed by atoms with van der Waals surface area (Å²) < 4.78 is 0. The van der Waals surface area contributed by atoms with E-state index < -0.39 is 0 Å². The number of fused-ring (bicyclic) bond motifs is 6. The van der Waals surface area contributed by atoms with Crippen molar-refractivity contribution >= 4 is 60.2 Å². The molecule has 0 aliphatic heterocycles. The summed E-state index contributed by atoms with van der Waals surface area (Å²) in [6.45, 7) is 0. The molecule has 0 aliphatic carbocycles. The Labute approximate surface area is 274 Å². The van der Waals surface area contributed by atoms with Crippen LogP contribution in [0.15, 0.2) is 188 Å². The summed E-state index contributed by atoms with van der Waals surface area (Å²) in [5, 5.41) is 9.99. The summed E-state index contributed by atoms with van der Waals surface area (Å²) in [4.78, 5) is 2.46. The van der Waals surface area contributed by atoms with Crippen molar-refractivity contribution in [3.8, 4) is 22.3 Å². The van der Waals surface area contributed by atoms with Crippen molar-refractivity contribution in [2.75, 3.05) is 4.90 Å². The lowest BCUT2D eigenvalue weighted by atomic mass is 9.93. The molecule has 0 radical (unpaired) electrons. The molecule has 0 N–H and O–H groups in total. The van der Waals surface area contributed by atoms with Crippen LogP contribution in [0, 0.1) is 0 Å². The minimum absolute atomic E-state index is 1.12. The Morgan fingerprint density at radius 2 is 0.830 bits per heavy atom. The first-order valence-electron chi connectivity index (χ1n) is 16.2. The van der Waals surface area contributed by atoms with Gasteiger partial charge in [0.15, 0.2) is 0 Å². The molecule has 47 heavy (non-hydrogen) atoms. The SMILES string of the molecule is c1ccc(-c2ccc(N(c3ccc(-c4ccccc4)c4ccccc34)c3cc4ccc5ccccc5c4c4ccccc34)cc2)cc1. The first kappa shape index (κ1) is 27.2. The van der Waals surface area contributed by atoms with Gasteiger partial charge >= 0.3 is 0 Å². The van der Waals surface area contributed by atoms with Crippen LogP contribution in [0.2, 0.25) is 0 Å². The van der Waals surface area contributed by atoms with Crippen LogP contribution >= 0.6 is 0 Å². The maximum absolute atomic E-state index is 2.46. The van der Waals surface area contributed by atoms with Gasteiger partial charge in [0.05, 0.1) is 11.4 Å². The van der Waals surface area contributed by atoms with Crippen molar-refractivity contribution in [2.45, 2.75) is 0 Å². The van der Waals surface area contributed by atoms with Gasteiger partial charge in [-0.05, 0) is 78.8 Å². The minimum Gasteiger partial charge on any atom is -0.309 e. The summed E-state index contributed by atoms with van der Waals surface area (Å²) in [6, 6.07) is 68.2. The van der Waals surface area contributed by atoms with Crippen molar-refractivity contribution in [3.63, 3.8) is 0 Å². The van der Waals surface area contributed by atoms with Crippen LogP contribution in [-0.4, -0.2) is 0 Å². The Hall–Kier alpha value is -6.18. The van der Waals surface area contributed by atoms with Crippen molar-refractivity contribution in [3.05, 3.63) is 188 Å². The topological polar surface area (TPSA) is 3.24 Å². The molecule has 9 rings (SSSR count). The second-order valence-electron chi connectivity index (χ2n) is 12.1. The molecule has 9 aromatic carbocycles. The summed E-state index contributed by atoms with van der Waals surface area (Å²) in [5.74, 6) is 0. The number of rotatable bonds is 5. The monoisotopic (exact) mass is 597 g/mol. The van der Waals surface area contributed by atoms with Crippen LogP contribution in [0.5, 0.6) is 0 Å². The van der Waals surface area contributed by atoms with Gasteiger partial charge in [0.25, 0.3) is 0 Å². The molecule has 0 atom stereocenters. The second kappa shape index (κ2) is 11.3. The van der Waals surface area contributed by atoms with E-state index in [9.17, 15) is 0 Å². The Balaban J connectivity index is 1.34. The van der Waals surface area contributed by atoms with Crippen LogP contribution in [-0.2, 0) is 0 Å². The first-order valence-corrected chi connectivity index (χ1v) is 16.2. The standard InChI is InChI=1S/C46H31N/c1-3-13-32(14-4-1)33-25-27-37(28-26-33)47(44-30-29-38(34-15-5-2-6-16-34)40-19-9-10-20-41(40)44)45-31-36-24-23-35-17-7-8-18-39(35)46(36)43-22-12-11-21-42(43)45/h1-31H. The third-order valence-corrected chi connectivity index (χ3v) is 9.43. The molecule has 0 unspecified atom stereocenters. The van der Waals surface area contributed by atoms with Gasteiger partial charge < -0.3 is 4.90 Å². The zero-order chi connectivity index (χ0) is 31.2. The Morgan fingerprint density at radius 1 is 0.298 bits per heavy atom. The molecule has 0 heterocycles. The van der Waals surface area contributed by atoms with E-state index in [0.717, 1.165) is 17.1 Å². The molecule has 0 amide bonds. The average Bonchev–Trinajstić information content (AvgIpc) is 3.16. The number of nitrogens with zero attached hydrogens (tertiary/aromatic N) is 1. The smallest absolute Gasteiger partial charge is 0.0546 e. The highest BCUT2D eigenvalue weighted by Crippen LogP contribution is 2.46. The molecular formula is C46H31N. The molecule has 1 nitrogen and oxygen atoms in total. The number of anilines is 3. The molecule has 0 fully saturated rings. The van der Waals surface area contributed by atoms with Crippen LogP contribution in [0.4, 0.5) is 17.1 Å². The maximum atomic E-state index is 2.46. The van der Waals surface area contributed by atoms with Crippen molar-refractivity contribution < 1.29 is 0 Å². The third-order valence-electron chi connectivity index (χ3n) is 9.43. The Kier molecular flexibility index (Phi) is 6.54. The van der Waals surface area contributed by atoms with Gasteiger partial charge in [-0.1, -0.05) is 164 Å². The van der Waals surface area contributed by atoms with Gasteiger partial charge in [0, 0.05) is 16.5 Å². The number of hydrogen-bond donors (Lipinski definition) is 0. The molecule has 0 saturated heterocycles. The Morgan fingerprint density at radius 3 is 1.55 bits per heavy atom. The zero-order valence-corrected chi connectivity index (χ0v) is 25.8. The summed E-state index contributed by atoms with van der Waals surface area (Å²) >= 11 is 0. The largest absolute Gasteiger partial charge is 0.309 e. The van der Waals surface area contributed by atoms with Crippen LogP contribution in [0.25, 0.3) is 65.3 Å². The van der Waals surface area contributed by atoms with Crippen molar-refractivity contribution in [2.24, 2.45) is 0 Å². The van der Waals surface area contributed by atoms with Gasteiger partial charge in [-0.3, -0.25) is 0 Å². The molecule has 1 heteroatoms. The lowest BCUT2D eigenvalue weighted by Gasteiger charge is -2.29. The summed E-state index contributed by atoms with van der Waals surface area (Å²) in [6.07, 6.45) is 0. The zero-order valence-electron chi connectivity index (χ0n) is 25.8. The summed E-state index contributed by atoms with van der Waals surface area (Å²) in [5.41, 5.74) is 8.30. The molecule has 0 spiro atoms. The van der Waals surface area contributed by atoms with E-state index in [1.165, 1.54) is 65.3 Å². The predicted molar refractivity (Wildman–Crippen MR) is 202 cm³/mol. The Bertz CT molecular complexity index is 2550. The molecule has 220 valence electrons. The number of hydrogen-bond acceptors (Lipinski definition) is 1. The number of benzene rings is 9. The van der Waals surface area contributed by atoms with E-state index in [0.29, 0.717) is 0 Å². The second-order valence-corrected chi connectivity index (χ2v) is 12.1. The van der Waals surface area contributed by atoms with Crippen LogP contribution in [0.1, 0.15) is 0 Å². The fourth-order valence-corrected chi connectivity index (χ4v) is 7.23. The lowest BCUT2D eigenvalue weighted by molar-refractivity contribution is 1.32. The highest BCUT2D eigenvalue weighted by molar-refractivity contribution is 6.24. The summed E-state index contributed by atoms with van der Waals surface area (Å²) in [7, 11) is 0. The molecule has 0 saturated carbocycles. The van der Waals surface area contributed by atoms with Gasteiger partial charge in [-0.25, -0.2) is 0 Å². The molecule has 0 bridgehead atoms. The normalized spacial score (nSPS) is 11.4. The van der Waals surface area contributed by atoms with E-state index in [4.69, 9.17) is 0 Å². The van der Waals surface area contributed by atoms with Crippen LogP contribution in [0.3, 0.4) is 0 Å². The van der Waals surface area contributed by atoms with E-state index in [1.807, 2.05) is 0 Å². The predicted octanol–water partition coefficient (Wildman–Crippen LogP) is 13.1. The molecule has 0 aromatic heterocycles. The fraction of sp³-hybridized carbons (Fsp3) is 0. The van der Waals surface area contributed by atoms with E-state index in [1.54, 1.807) is 0 Å². The van der Waals surface area contributed by atoms with Crippen molar-refractivity contribution in [1.29, 1.82) is 0 Å².